The Hall–Kier alpha value is -2.41. The molecule has 7 heteroatoms. The third-order valence-corrected chi connectivity index (χ3v) is 4.63. The highest BCUT2D eigenvalue weighted by molar-refractivity contribution is 7.90. The van der Waals surface area contributed by atoms with Crippen molar-refractivity contribution < 1.29 is 17.9 Å². The van der Waals surface area contributed by atoms with E-state index >= 15 is 0 Å². The molecule has 0 aliphatic rings. The van der Waals surface area contributed by atoms with Crippen LogP contribution in [-0.4, -0.2) is 31.0 Å². The van der Waals surface area contributed by atoms with Gasteiger partial charge in [0.05, 0.1) is 10.6 Å². The minimum atomic E-state index is -3.42. The lowest BCUT2D eigenvalue weighted by Gasteiger charge is -2.20. The number of anilines is 1. The van der Waals surface area contributed by atoms with Crippen LogP contribution in [0.2, 0.25) is 0 Å². The summed E-state index contributed by atoms with van der Waals surface area (Å²) in [4.78, 5) is 16.0. The van der Waals surface area contributed by atoms with Gasteiger partial charge in [0.25, 0.3) is 0 Å². The van der Waals surface area contributed by atoms with Crippen LogP contribution in [0, 0.1) is 0 Å². The summed E-state index contributed by atoms with van der Waals surface area (Å²) in [5, 5.41) is 3.09. The van der Waals surface area contributed by atoms with Gasteiger partial charge in [-0.25, -0.2) is 13.4 Å². The molecule has 0 radical (unpaired) electrons. The van der Waals surface area contributed by atoms with Gasteiger partial charge in [0, 0.05) is 30.6 Å². The monoisotopic (exact) mass is 376 g/mol. The first kappa shape index (κ1) is 19.9. The topological polar surface area (TPSA) is 85.4 Å². The van der Waals surface area contributed by atoms with E-state index in [1.54, 1.807) is 18.3 Å². The molecular weight excluding hydrogens is 352 g/mol. The van der Waals surface area contributed by atoms with Crippen molar-refractivity contribution in [3.05, 3.63) is 47.7 Å². The van der Waals surface area contributed by atoms with E-state index in [4.69, 9.17) is 4.74 Å². The highest BCUT2D eigenvalue weighted by atomic mass is 32.2. The highest BCUT2D eigenvalue weighted by Crippen LogP contribution is 2.24. The van der Waals surface area contributed by atoms with Crippen molar-refractivity contribution >= 4 is 21.3 Å². The first-order chi connectivity index (χ1) is 12.0. The number of aromatic nitrogens is 1. The normalized spacial score (nSPS) is 11.9. The number of benzene rings is 1. The summed E-state index contributed by atoms with van der Waals surface area (Å²) in [5.74, 6) is 0.398. The number of sulfone groups is 1. The molecule has 1 aromatic carbocycles. The maximum Gasteiger partial charge on any atom is 0.213 e. The largest absolute Gasteiger partial charge is 0.472 e. The van der Waals surface area contributed by atoms with Crippen LogP contribution in [0.25, 0.3) is 0 Å². The Morgan fingerprint density at radius 3 is 2.38 bits per heavy atom. The zero-order valence-corrected chi connectivity index (χ0v) is 16.5. The number of ketones is 1. The summed E-state index contributed by atoms with van der Waals surface area (Å²) in [7, 11) is -3.42. The van der Waals surface area contributed by atoms with Gasteiger partial charge < -0.3 is 10.1 Å². The quantitative estimate of drug-likeness (QED) is 0.777. The van der Waals surface area contributed by atoms with Crippen LogP contribution < -0.4 is 10.1 Å². The molecule has 0 bridgehead atoms. The molecule has 1 N–H and O–H groups in total. The molecule has 0 saturated heterocycles. The molecule has 0 aliphatic carbocycles. The molecule has 0 unspecified atom stereocenters. The third kappa shape index (κ3) is 5.56. The van der Waals surface area contributed by atoms with Crippen LogP contribution in [0.1, 0.15) is 43.6 Å². The van der Waals surface area contributed by atoms with Crippen molar-refractivity contribution in [2.24, 2.45) is 0 Å². The number of carbonyl (C=O) groups excluding carboxylic acids is 1. The molecule has 6 nitrogen and oxygen atoms in total. The Balaban J connectivity index is 2.20. The molecule has 0 saturated carbocycles. The Morgan fingerprint density at radius 1 is 1.19 bits per heavy atom. The van der Waals surface area contributed by atoms with Crippen LogP contribution in [0.3, 0.4) is 0 Å². The fourth-order valence-corrected chi connectivity index (χ4v) is 3.14. The van der Waals surface area contributed by atoms with Crippen molar-refractivity contribution in [3.8, 4) is 5.88 Å². The maximum absolute atomic E-state index is 12.0. The molecule has 0 atom stereocenters. The number of pyridine rings is 1. The third-order valence-electron chi connectivity index (χ3n) is 3.48. The summed E-state index contributed by atoms with van der Waals surface area (Å²) in [6, 6.07) is 8.15. The number of carbonyl (C=O) groups is 1. The van der Waals surface area contributed by atoms with Crippen molar-refractivity contribution in [2.45, 2.75) is 44.7 Å². The molecule has 2 aromatic rings. The molecule has 0 spiro atoms. The van der Waals surface area contributed by atoms with Gasteiger partial charge >= 0.3 is 0 Å². The van der Waals surface area contributed by atoms with E-state index < -0.39 is 9.84 Å². The Kier molecular flexibility index (Phi) is 5.71. The number of nitrogens with zero attached hydrogens (tertiary/aromatic N) is 1. The zero-order chi connectivity index (χ0) is 19.5. The van der Waals surface area contributed by atoms with E-state index in [0.29, 0.717) is 23.7 Å². The van der Waals surface area contributed by atoms with Crippen LogP contribution in [0.4, 0.5) is 5.69 Å². The van der Waals surface area contributed by atoms with E-state index in [-0.39, 0.29) is 16.3 Å². The molecule has 26 heavy (non-hydrogen) atoms. The van der Waals surface area contributed by atoms with Crippen molar-refractivity contribution in [3.63, 3.8) is 0 Å². The number of nitrogens with one attached hydrogen (secondary N) is 1. The summed E-state index contributed by atoms with van der Waals surface area (Å²) < 4.78 is 29.6. The SMILES string of the molecule is CC(=O)c1ccc(S(C)(=O)=O)c(NCc2ccc(OC(C)(C)C)nc2)c1. The van der Waals surface area contributed by atoms with E-state index in [1.807, 2.05) is 26.8 Å². The molecule has 0 aliphatic heterocycles. The Labute approximate surface area is 154 Å². The predicted molar refractivity (Wildman–Crippen MR) is 102 cm³/mol. The fourth-order valence-electron chi connectivity index (χ4n) is 2.30. The summed E-state index contributed by atoms with van der Waals surface area (Å²) in [6.45, 7) is 7.64. The van der Waals surface area contributed by atoms with E-state index in [1.165, 1.54) is 19.1 Å². The molecule has 2 rings (SSSR count). The van der Waals surface area contributed by atoms with Gasteiger partial charge in [-0.1, -0.05) is 6.07 Å². The molecule has 1 heterocycles. The number of Topliss-reactive ketones (excluding diaryl/α,β-unsaturated/α-hetero) is 1. The van der Waals surface area contributed by atoms with Gasteiger partial charge in [0.1, 0.15) is 5.60 Å². The van der Waals surface area contributed by atoms with Gasteiger partial charge in [-0.05, 0) is 51.5 Å². The van der Waals surface area contributed by atoms with E-state index in [0.717, 1.165) is 11.8 Å². The first-order valence-corrected chi connectivity index (χ1v) is 10.1. The summed E-state index contributed by atoms with van der Waals surface area (Å²) >= 11 is 0. The number of ether oxygens (including phenoxy) is 1. The minimum absolute atomic E-state index is 0.126. The first-order valence-electron chi connectivity index (χ1n) is 8.18. The van der Waals surface area contributed by atoms with Crippen LogP contribution in [-0.2, 0) is 16.4 Å². The standard InChI is InChI=1S/C19H24N2O4S/c1-13(22)15-7-8-17(26(5,23)24)16(10-15)20-11-14-6-9-18(21-12-14)25-19(2,3)4/h6-10,12,20H,11H2,1-5H3. The van der Waals surface area contributed by atoms with E-state index in [9.17, 15) is 13.2 Å². The van der Waals surface area contributed by atoms with Gasteiger partial charge in [0.15, 0.2) is 15.6 Å². The van der Waals surface area contributed by atoms with Crippen LogP contribution in [0.15, 0.2) is 41.4 Å². The molecular formula is C19H24N2O4S. The van der Waals surface area contributed by atoms with Gasteiger partial charge in [-0.15, -0.1) is 0 Å². The Morgan fingerprint density at radius 2 is 1.88 bits per heavy atom. The van der Waals surface area contributed by atoms with Gasteiger partial charge in [-0.2, -0.15) is 0 Å². The Bertz CT molecular complexity index is 898. The average molecular weight is 376 g/mol. The van der Waals surface area contributed by atoms with Crippen LogP contribution in [0.5, 0.6) is 5.88 Å². The molecule has 1 aromatic heterocycles. The molecule has 0 amide bonds. The fraction of sp³-hybridized carbons (Fsp3) is 0.368. The maximum atomic E-state index is 12.0. The van der Waals surface area contributed by atoms with E-state index in [2.05, 4.69) is 10.3 Å². The number of hydrogen-bond donors (Lipinski definition) is 1. The van der Waals surface area contributed by atoms with Crippen molar-refractivity contribution in [1.29, 1.82) is 0 Å². The second-order valence-corrected chi connectivity index (χ2v) is 9.10. The predicted octanol–water partition coefficient (Wildman–Crippen LogP) is 3.48. The smallest absolute Gasteiger partial charge is 0.213 e. The minimum Gasteiger partial charge on any atom is -0.472 e. The second kappa shape index (κ2) is 7.45. The lowest BCUT2D eigenvalue weighted by Crippen LogP contribution is -2.23. The van der Waals surface area contributed by atoms with Crippen molar-refractivity contribution in [2.75, 3.05) is 11.6 Å². The number of hydrogen-bond acceptors (Lipinski definition) is 6. The average Bonchev–Trinajstić information content (AvgIpc) is 2.51. The van der Waals surface area contributed by atoms with Crippen LogP contribution >= 0.6 is 0 Å². The molecule has 0 fully saturated rings. The zero-order valence-electron chi connectivity index (χ0n) is 15.7. The van der Waals surface area contributed by atoms with Gasteiger partial charge in [-0.3, -0.25) is 4.79 Å². The lowest BCUT2D eigenvalue weighted by atomic mass is 10.1. The summed E-state index contributed by atoms with van der Waals surface area (Å²) in [6.07, 6.45) is 2.81. The number of rotatable bonds is 6. The summed E-state index contributed by atoms with van der Waals surface area (Å²) in [5.41, 5.74) is 1.38. The highest BCUT2D eigenvalue weighted by Gasteiger charge is 2.15. The van der Waals surface area contributed by atoms with Gasteiger partial charge in [0.2, 0.25) is 5.88 Å². The van der Waals surface area contributed by atoms with Crippen molar-refractivity contribution in [1.82, 2.24) is 4.98 Å². The lowest BCUT2D eigenvalue weighted by molar-refractivity contribution is 0.101. The second-order valence-electron chi connectivity index (χ2n) is 7.11. The molecule has 140 valence electrons.